The number of hydrogen-bond donors (Lipinski definition) is 0. The summed E-state index contributed by atoms with van der Waals surface area (Å²) < 4.78 is 0. The third-order valence-electron chi connectivity index (χ3n) is 5.81. The molecule has 3 amide bonds. The van der Waals surface area contributed by atoms with Gasteiger partial charge in [0.05, 0.1) is 6.20 Å². The van der Waals surface area contributed by atoms with Gasteiger partial charge in [-0.05, 0) is 25.3 Å². The Bertz CT molecular complexity index is 924. The van der Waals surface area contributed by atoms with Gasteiger partial charge in [0.15, 0.2) is 0 Å². The molecule has 8 heteroatoms. The summed E-state index contributed by atoms with van der Waals surface area (Å²) >= 11 is 0. The van der Waals surface area contributed by atoms with E-state index in [1.807, 2.05) is 31.2 Å². The minimum Gasteiger partial charge on any atom is -0.337 e. The van der Waals surface area contributed by atoms with Crippen molar-refractivity contribution in [1.29, 1.82) is 0 Å². The van der Waals surface area contributed by atoms with Gasteiger partial charge in [0.25, 0.3) is 5.91 Å². The monoisotopic (exact) mass is 407 g/mol. The molecule has 2 fully saturated rings. The Kier molecular flexibility index (Phi) is 5.74. The molecule has 30 heavy (non-hydrogen) atoms. The first-order valence-corrected chi connectivity index (χ1v) is 10.2. The van der Waals surface area contributed by atoms with Crippen molar-refractivity contribution in [3.8, 4) is 0 Å². The number of aromatic nitrogens is 2. The predicted molar refractivity (Wildman–Crippen MR) is 109 cm³/mol. The highest BCUT2D eigenvalue weighted by Crippen LogP contribution is 2.21. The van der Waals surface area contributed by atoms with Gasteiger partial charge in [-0.1, -0.05) is 29.8 Å². The second-order valence-corrected chi connectivity index (χ2v) is 7.82. The van der Waals surface area contributed by atoms with Gasteiger partial charge in [-0.3, -0.25) is 19.4 Å². The van der Waals surface area contributed by atoms with Gasteiger partial charge in [0, 0.05) is 51.2 Å². The molecule has 2 aliphatic rings. The van der Waals surface area contributed by atoms with Crippen molar-refractivity contribution in [2.24, 2.45) is 0 Å². The highest BCUT2D eigenvalue weighted by molar-refractivity contribution is 6.35. The maximum Gasteiger partial charge on any atom is 0.312 e. The molecule has 0 atom stereocenters. The fourth-order valence-electron chi connectivity index (χ4n) is 4.05. The molecule has 8 nitrogen and oxygen atoms in total. The maximum absolute atomic E-state index is 12.8. The molecule has 3 heterocycles. The number of carbonyl (C=O) groups is 3. The second kappa shape index (κ2) is 8.61. The van der Waals surface area contributed by atoms with Gasteiger partial charge in [0.2, 0.25) is 0 Å². The zero-order chi connectivity index (χ0) is 21.1. The summed E-state index contributed by atoms with van der Waals surface area (Å²) in [6.45, 7) is 4.58. The minimum absolute atomic E-state index is 0.0196. The average Bonchev–Trinajstić information content (AvgIpc) is 2.79. The Labute approximate surface area is 175 Å². The molecule has 0 bridgehead atoms. The summed E-state index contributed by atoms with van der Waals surface area (Å²) in [7, 11) is 0. The molecular weight excluding hydrogens is 382 g/mol. The zero-order valence-electron chi connectivity index (χ0n) is 17.0. The van der Waals surface area contributed by atoms with E-state index in [0.29, 0.717) is 51.3 Å². The average molecular weight is 407 g/mol. The lowest BCUT2D eigenvalue weighted by Crippen LogP contribution is -2.59. The van der Waals surface area contributed by atoms with E-state index < -0.39 is 11.8 Å². The van der Waals surface area contributed by atoms with Crippen molar-refractivity contribution in [3.63, 3.8) is 0 Å². The maximum atomic E-state index is 12.8. The highest BCUT2D eigenvalue weighted by Gasteiger charge is 2.38. The highest BCUT2D eigenvalue weighted by atomic mass is 16.2. The van der Waals surface area contributed by atoms with Gasteiger partial charge >= 0.3 is 11.8 Å². The SMILES string of the molecule is Cc1ccc(CN2CCN(C3CCN(C(=O)c4cnccn4)CC3)C(=O)C2=O)cc1. The van der Waals surface area contributed by atoms with Crippen LogP contribution in [0.5, 0.6) is 0 Å². The summed E-state index contributed by atoms with van der Waals surface area (Å²) in [6.07, 6.45) is 5.81. The quantitative estimate of drug-likeness (QED) is 0.713. The van der Waals surface area contributed by atoms with E-state index in [1.165, 1.54) is 18.6 Å². The lowest BCUT2D eigenvalue weighted by Gasteiger charge is -2.42. The van der Waals surface area contributed by atoms with Crippen LogP contribution in [0.3, 0.4) is 0 Å². The van der Waals surface area contributed by atoms with Crippen LogP contribution in [-0.2, 0) is 16.1 Å². The van der Waals surface area contributed by atoms with Crippen LogP contribution in [0.1, 0.15) is 34.5 Å². The standard InChI is InChI=1S/C22H25N5O3/c1-16-2-4-17(5-3-16)15-26-12-13-27(22(30)21(26)29)18-6-10-25(11-7-18)20(28)19-14-23-8-9-24-19/h2-5,8-9,14,18H,6-7,10-13,15H2,1H3. The molecule has 0 N–H and O–H groups in total. The molecule has 0 spiro atoms. The molecule has 1 aromatic carbocycles. The Morgan fingerprint density at radius 3 is 2.40 bits per heavy atom. The van der Waals surface area contributed by atoms with Crippen molar-refractivity contribution < 1.29 is 14.4 Å². The molecule has 2 aromatic rings. The van der Waals surface area contributed by atoms with Crippen molar-refractivity contribution in [2.75, 3.05) is 26.2 Å². The molecular formula is C22H25N5O3. The van der Waals surface area contributed by atoms with Gasteiger partial charge in [0.1, 0.15) is 5.69 Å². The van der Waals surface area contributed by atoms with E-state index >= 15 is 0 Å². The number of hydrogen-bond acceptors (Lipinski definition) is 5. The fourth-order valence-corrected chi connectivity index (χ4v) is 4.05. The Morgan fingerprint density at radius 1 is 1.00 bits per heavy atom. The van der Waals surface area contributed by atoms with E-state index in [1.54, 1.807) is 14.7 Å². The summed E-state index contributed by atoms with van der Waals surface area (Å²) in [5.41, 5.74) is 2.51. The summed E-state index contributed by atoms with van der Waals surface area (Å²) in [4.78, 5) is 51.0. The van der Waals surface area contributed by atoms with E-state index in [2.05, 4.69) is 9.97 Å². The van der Waals surface area contributed by atoms with Crippen molar-refractivity contribution >= 4 is 17.7 Å². The van der Waals surface area contributed by atoms with Crippen LogP contribution in [0.4, 0.5) is 0 Å². The molecule has 0 unspecified atom stereocenters. The second-order valence-electron chi connectivity index (χ2n) is 7.82. The van der Waals surface area contributed by atoms with Gasteiger partial charge < -0.3 is 14.7 Å². The van der Waals surface area contributed by atoms with Gasteiger partial charge in [-0.2, -0.15) is 0 Å². The van der Waals surface area contributed by atoms with Gasteiger partial charge in [-0.25, -0.2) is 4.98 Å². The third kappa shape index (κ3) is 4.17. The minimum atomic E-state index is -0.445. The third-order valence-corrected chi connectivity index (χ3v) is 5.81. The molecule has 156 valence electrons. The number of likely N-dealkylation sites (tertiary alicyclic amines) is 1. The van der Waals surface area contributed by atoms with Crippen LogP contribution in [-0.4, -0.2) is 74.6 Å². The number of rotatable bonds is 4. The first-order chi connectivity index (χ1) is 14.5. The van der Waals surface area contributed by atoms with E-state index in [4.69, 9.17) is 0 Å². The van der Waals surface area contributed by atoms with Gasteiger partial charge in [-0.15, -0.1) is 0 Å². The van der Waals surface area contributed by atoms with Crippen LogP contribution in [0.25, 0.3) is 0 Å². The van der Waals surface area contributed by atoms with E-state index in [0.717, 1.165) is 11.1 Å². The summed E-state index contributed by atoms with van der Waals surface area (Å²) in [6, 6.07) is 7.98. The first kappa shape index (κ1) is 20.0. The summed E-state index contributed by atoms with van der Waals surface area (Å²) in [5, 5.41) is 0. The van der Waals surface area contributed by atoms with E-state index in [9.17, 15) is 14.4 Å². The van der Waals surface area contributed by atoms with Crippen LogP contribution in [0, 0.1) is 6.92 Å². The number of benzene rings is 1. The molecule has 2 saturated heterocycles. The Hall–Kier alpha value is -3.29. The number of amides is 3. The molecule has 0 saturated carbocycles. The number of carbonyl (C=O) groups excluding carboxylic acids is 3. The lowest BCUT2D eigenvalue weighted by atomic mass is 10.0. The van der Waals surface area contributed by atoms with E-state index in [-0.39, 0.29) is 11.9 Å². The van der Waals surface area contributed by atoms with Crippen molar-refractivity contribution in [3.05, 3.63) is 59.7 Å². The fraction of sp³-hybridized carbons (Fsp3) is 0.409. The van der Waals surface area contributed by atoms with Crippen LogP contribution < -0.4 is 0 Å². The van der Waals surface area contributed by atoms with Crippen LogP contribution in [0.15, 0.2) is 42.9 Å². The number of nitrogens with zero attached hydrogens (tertiary/aromatic N) is 5. The predicted octanol–water partition coefficient (Wildman–Crippen LogP) is 1.26. The molecule has 0 aliphatic carbocycles. The van der Waals surface area contributed by atoms with Crippen molar-refractivity contribution in [1.82, 2.24) is 24.7 Å². The zero-order valence-corrected chi connectivity index (χ0v) is 17.0. The molecule has 4 rings (SSSR count). The Balaban J connectivity index is 1.33. The molecule has 0 radical (unpaired) electrons. The largest absolute Gasteiger partial charge is 0.337 e. The molecule has 2 aliphatic heterocycles. The van der Waals surface area contributed by atoms with Crippen LogP contribution >= 0.6 is 0 Å². The Morgan fingerprint density at radius 2 is 1.73 bits per heavy atom. The number of piperidine rings is 1. The molecule has 1 aromatic heterocycles. The smallest absolute Gasteiger partial charge is 0.312 e. The number of piperazine rings is 1. The van der Waals surface area contributed by atoms with Crippen LogP contribution in [0.2, 0.25) is 0 Å². The van der Waals surface area contributed by atoms with Crippen molar-refractivity contribution in [2.45, 2.75) is 32.4 Å². The lowest BCUT2D eigenvalue weighted by molar-refractivity contribution is -0.158. The number of aryl methyl sites for hydroxylation is 1. The summed E-state index contributed by atoms with van der Waals surface area (Å²) in [5.74, 6) is -1.03. The normalized spacial score (nSPS) is 18.1. The first-order valence-electron chi connectivity index (χ1n) is 10.2. The topological polar surface area (TPSA) is 86.7 Å².